The Morgan fingerprint density at radius 1 is 0.944 bits per heavy atom. The quantitative estimate of drug-likeness (QED) is 0.802. The van der Waals surface area contributed by atoms with E-state index in [-0.39, 0.29) is 5.92 Å². The molecule has 1 unspecified atom stereocenters. The van der Waals surface area contributed by atoms with Gasteiger partial charge >= 0.3 is 0 Å². The van der Waals surface area contributed by atoms with Gasteiger partial charge in [0.1, 0.15) is 11.5 Å². The van der Waals surface area contributed by atoms with Crippen LogP contribution < -0.4 is 4.74 Å². The first-order valence-corrected chi connectivity index (χ1v) is 6.00. The van der Waals surface area contributed by atoms with Gasteiger partial charge in [0, 0.05) is 11.5 Å². The SMILES string of the molecule is COC1=C(C)C=CC(c2ccccc2OC)C=C1. The van der Waals surface area contributed by atoms with Gasteiger partial charge in [0.25, 0.3) is 0 Å². The monoisotopic (exact) mass is 242 g/mol. The highest BCUT2D eigenvalue weighted by Gasteiger charge is 2.12. The first-order chi connectivity index (χ1) is 8.76. The minimum absolute atomic E-state index is 0.212. The van der Waals surface area contributed by atoms with Crippen molar-refractivity contribution < 1.29 is 9.47 Å². The Labute approximate surface area is 108 Å². The molecule has 0 heterocycles. The fourth-order valence-electron chi connectivity index (χ4n) is 2.09. The fourth-order valence-corrected chi connectivity index (χ4v) is 2.09. The van der Waals surface area contributed by atoms with Crippen molar-refractivity contribution in [1.82, 2.24) is 0 Å². The molecule has 1 aliphatic carbocycles. The second-order valence-electron chi connectivity index (χ2n) is 4.24. The summed E-state index contributed by atoms with van der Waals surface area (Å²) in [6.07, 6.45) is 8.40. The van der Waals surface area contributed by atoms with E-state index in [0.717, 1.165) is 22.6 Å². The predicted molar refractivity (Wildman–Crippen MR) is 73.7 cm³/mol. The average Bonchev–Trinajstić information content (AvgIpc) is 2.60. The summed E-state index contributed by atoms with van der Waals surface area (Å²) in [5.41, 5.74) is 2.30. The minimum Gasteiger partial charge on any atom is -0.497 e. The van der Waals surface area contributed by atoms with E-state index >= 15 is 0 Å². The lowest BCUT2D eigenvalue weighted by atomic mass is 9.97. The summed E-state index contributed by atoms with van der Waals surface area (Å²) in [5, 5.41) is 0. The van der Waals surface area contributed by atoms with Crippen molar-refractivity contribution in [1.29, 1.82) is 0 Å². The van der Waals surface area contributed by atoms with Gasteiger partial charge in [-0.3, -0.25) is 0 Å². The highest BCUT2D eigenvalue weighted by Crippen LogP contribution is 2.30. The summed E-state index contributed by atoms with van der Waals surface area (Å²) in [6.45, 7) is 2.05. The van der Waals surface area contributed by atoms with Crippen molar-refractivity contribution in [2.24, 2.45) is 0 Å². The lowest BCUT2D eigenvalue weighted by Crippen LogP contribution is -1.95. The minimum atomic E-state index is 0.212. The molecule has 0 aromatic heterocycles. The van der Waals surface area contributed by atoms with Gasteiger partial charge in [0.05, 0.1) is 14.2 Å². The zero-order chi connectivity index (χ0) is 13.0. The van der Waals surface area contributed by atoms with Crippen molar-refractivity contribution in [2.45, 2.75) is 12.8 Å². The molecule has 0 spiro atoms. The molecule has 94 valence electrons. The number of hydrogen-bond donors (Lipinski definition) is 0. The van der Waals surface area contributed by atoms with Crippen LogP contribution >= 0.6 is 0 Å². The van der Waals surface area contributed by atoms with E-state index < -0.39 is 0 Å². The summed E-state index contributed by atoms with van der Waals surface area (Å²) in [6, 6.07) is 8.09. The molecule has 1 aromatic carbocycles. The number of allylic oxidation sites excluding steroid dienone is 5. The van der Waals surface area contributed by atoms with Gasteiger partial charge in [0.2, 0.25) is 0 Å². The topological polar surface area (TPSA) is 18.5 Å². The molecule has 0 bridgehead atoms. The summed E-state index contributed by atoms with van der Waals surface area (Å²) in [4.78, 5) is 0. The Kier molecular flexibility index (Phi) is 3.88. The highest BCUT2D eigenvalue weighted by molar-refractivity contribution is 5.44. The van der Waals surface area contributed by atoms with E-state index in [0.29, 0.717) is 0 Å². The van der Waals surface area contributed by atoms with E-state index in [4.69, 9.17) is 9.47 Å². The van der Waals surface area contributed by atoms with Crippen LogP contribution in [0.1, 0.15) is 18.4 Å². The van der Waals surface area contributed by atoms with Gasteiger partial charge in [-0.1, -0.05) is 36.4 Å². The molecule has 18 heavy (non-hydrogen) atoms. The van der Waals surface area contributed by atoms with Gasteiger partial charge in [-0.15, -0.1) is 0 Å². The fraction of sp³-hybridized carbons (Fsp3) is 0.250. The Morgan fingerprint density at radius 2 is 1.67 bits per heavy atom. The van der Waals surface area contributed by atoms with Crippen LogP contribution in [-0.2, 0) is 4.74 Å². The number of benzene rings is 1. The van der Waals surface area contributed by atoms with E-state index in [1.165, 1.54) is 0 Å². The van der Waals surface area contributed by atoms with Crippen molar-refractivity contribution >= 4 is 0 Å². The summed E-state index contributed by atoms with van der Waals surface area (Å²) < 4.78 is 10.7. The van der Waals surface area contributed by atoms with Crippen LogP contribution in [0.25, 0.3) is 0 Å². The molecule has 0 N–H and O–H groups in total. The van der Waals surface area contributed by atoms with Gasteiger partial charge < -0.3 is 9.47 Å². The molecule has 0 amide bonds. The lowest BCUT2D eigenvalue weighted by Gasteiger charge is -2.12. The highest BCUT2D eigenvalue weighted by atomic mass is 16.5. The largest absolute Gasteiger partial charge is 0.497 e. The number of methoxy groups -OCH3 is 2. The molecule has 1 aliphatic rings. The molecule has 2 heteroatoms. The summed E-state index contributed by atoms with van der Waals surface area (Å²) in [7, 11) is 3.40. The van der Waals surface area contributed by atoms with E-state index in [1.54, 1.807) is 14.2 Å². The van der Waals surface area contributed by atoms with Crippen LogP contribution in [0, 0.1) is 0 Å². The first-order valence-electron chi connectivity index (χ1n) is 6.00. The molecule has 1 aromatic rings. The molecule has 2 nitrogen and oxygen atoms in total. The lowest BCUT2D eigenvalue weighted by molar-refractivity contribution is 0.303. The van der Waals surface area contributed by atoms with Crippen LogP contribution in [0.2, 0.25) is 0 Å². The van der Waals surface area contributed by atoms with E-state index in [1.807, 2.05) is 31.2 Å². The second-order valence-corrected chi connectivity index (χ2v) is 4.24. The zero-order valence-electron chi connectivity index (χ0n) is 11.0. The maximum Gasteiger partial charge on any atom is 0.122 e. The van der Waals surface area contributed by atoms with E-state index in [2.05, 4.69) is 24.3 Å². The Hall–Kier alpha value is -1.96. The molecule has 0 aliphatic heterocycles. The Morgan fingerprint density at radius 3 is 2.39 bits per heavy atom. The third-order valence-corrected chi connectivity index (χ3v) is 3.12. The van der Waals surface area contributed by atoms with E-state index in [9.17, 15) is 0 Å². The molecule has 0 saturated heterocycles. The van der Waals surface area contributed by atoms with Crippen LogP contribution in [-0.4, -0.2) is 14.2 Å². The third-order valence-electron chi connectivity index (χ3n) is 3.12. The van der Waals surface area contributed by atoms with Crippen LogP contribution in [0.5, 0.6) is 5.75 Å². The molecular weight excluding hydrogens is 224 g/mol. The Balaban J connectivity index is 2.35. The zero-order valence-corrected chi connectivity index (χ0v) is 11.0. The van der Waals surface area contributed by atoms with Crippen molar-refractivity contribution in [3.8, 4) is 5.75 Å². The first kappa shape index (κ1) is 12.5. The number of para-hydroxylation sites is 1. The molecule has 0 fully saturated rings. The van der Waals surface area contributed by atoms with Crippen molar-refractivity contribution in [3.05, 3.63) is 65.5 Å². The number of rotatable bonds is 3. The molecule has 2 rings (SSSR count). The summed E-state index contributed by atoms with van der Waals surface area (Å²) in [5.74, 6) is 2.03. The smallest absolute Gasteiger partial charge is 0.122 e. The maximum absolute atomic E-state index is 5.41. The normalized spacial score (nSPS) is 18.7. The molecule has 1 atom stereocenters. The van der Waals surface area contributed by atoms with Crippen molar-refractivity contribution in [3.63, 3.8) is 0 Å². The van der Waals surface area contributed by atoms with Gasteiger partial charge in [-0.05, 0) is 24.6 Å². The van der Waals surface area contributed by atoms with Crippen molar-refractivity contribution in [2.75, 3.05) is 14.2 Å². The molecule has 0 radical (unpaired) electrons. The van der Waals surface area contributed by atoms with Gasteiger partial charge in [0.15, 0.2) is 0 Å². The average molecular weight is 242 g/mol. The Bertz CT molecular complexity index is 510. The summed E-state index contributed by atoms with van der Waals surface area (Å²) >= 11 is 0. The number of hydrogen-bond acceptors (Lipinski definition) is 2. The number of ether oxygens (including phenoxy) is 2. The van der Waals surface area contributed by atoms with Crippen LogP contribution in [0.15, 0.2) is 59.9 Å². The second kappa shape index (κ2) is 5.58. The molecular formula is C16H18O2. The third kappa shape index (κ3) is 2.48. The van der Waals surface area contributed by atoms with Gasteiger partial charge in [-0.25, -0.2) is 0 Å². The molecule has 0 saturated carbocycles. The standard InChI is InChI=1S/C16H18O2/c1-12-8-9-13(10-11-15(12)17-2)14-6-4-5-7-16(14)18-3/h4-11,13H,1-3H3. The maximum atomic E-state index is 5.41. The van der Waals surface area contributed by atoms with Crippen LogP contribution in [0.4, 0.5) is 0 Å². The van der Waals surface area contributed by atoms with Gasteiger partial charge in [-0.2, -0.15) is 0 Å². The van der Waals surface area contributed by atoms with Crippen LogP contribution in [0.3, 0.4) is 0 Å². The predicted octanol–water partition coefficient (Wildman–Crippen LogP) is 3.83.